The van der Waals surface area contributed by atoms with E-state index in [0.29, 0.717) is 0 Å². The van der Waals surface area contributed by atoms with Gasteiger partial charge in [0, 0.05) is 17.2 Å². The van der Waals surface area contributed by atoms with Gasteiger partial charge < -0.3 is 0 Å². The molecule has 0 unspecified atom stereocenters. The molecule has 12 heavy (non-hydrogen) atoms. The Morgan fingerprint density at radius 1 is 1.58 bits per heavy atom. The van der Waals surface area contributed by atoms with Crippen LogP contribution < -0.4 is 0 Å². The van der Waals surface area contributed by atoms with Gasteiger partial charge in [-0.15, -0.1) is 0 Å². The van der Waals surface area contributed by atoms with Crippen molar-refractivity contribution in [2.75, 3.05) is 0 Å². The van der Waals surface area contributed by atoms with Crippen LogP contribution in [-0.2, 0) is 0 Å². The molecule has 0 aromatic carbocycles. The quantitative estimate of drug-likeness (QED) is 0.644. The number of nitrogens with zero attached hydrogens (tertiary/aromatic N) is 2. The molecule has 0 aliphatic heterocycles. The SMILES string of the molecule is C=CC=Nc1nscc1C.CC. The molecule has 0 amide bonds. The minimum Gasteiger partial charge on any atom is -0.236 e. The number of rotatable bonds is 2. The van der Waals surface area contributed by atoms with Gasteiger partial charge in [0.25, 0.3) is 0 Å². The molecule has 0 atom stereocenters. The monoisotopic (exact) mass is 182 g/mol. The average Bonchev–Trinajstić information content (AvgIpc) is 2.51. The van der Waals surface area contributed by atoms with Crippen molar-refractivity contribution in [3.05, 3.63) is 23.6 Å². The third-order valence-corrected chi connectivity index (χ3v) is 1.76. The summed E-state index contributed by atoms with van der Waals surface area (Å²) in [6.45, 7) is 9.50. The van der Waals surface area contributed by atoms with Crippen LogP contribution in [-0.4, -0.2) is 10.6 Å². The molecule has 0 aliphatic rings. The maximum atomic E-state index is 4.05. The molecule has 66 valence electrons. The fourth-order valence-corrected chi connectivity index (χ4v) is 1.14. The van der Waals surface area contributed by atoms with Gasteiger partial charge in [-0.25, -0.2) is 4.99 Å². The Morgan fingerprint density at radius 3 is 2.67 bits per heavy atom. The molecule has 1 aromatic rings. The summed E-state index contributed by atoms with van der Waals surface area (Å²) in [6, 6.07) is 0. The second-order valence-electron chi connectivity index (χ2n) is 1.84. The zero-order valence-corrected chi connectivity index (χ0v) is 8.56. The summed E-state index contributed by atoms with van der Waals surface area (Å²) < 4.78 is 4.05. The number of hydrogen-bond donors (Lipinski definition) is 0. The van der Waals surface area contributed by atoms with Gasteiger partial charge >= 0.3 is 0 Å². The van der Waals surface area contributed by atoms with Crippen molar-refractivity contribution >= 4 is 23.6 Å². The highest BCUT2D eigenvalue weighted by Crippen LogP contribution is 2.16. The lowest BCUT2D eigenvalue weighted by molar-refractivity contribution is 1.37. The lowest BCUT2D eigenvalue weighted by atomic mass is 10.4. The molecular formula is C9H14N2S. The van der Waals surface area contributed by atoms with Crippen molar-refractivity contribution in [3.8, 4) is 0 Å². The van der Waals surface area contributed by atoms with Gasteiger partial charge in [-0.3, -0.25) is 0 Å². The Balaban J connectivity index is 0.000000561. The van der Waals surface area contributed by atoms with E-state index in [1.54, 1.807) is 12.3 Å². The number of aliphatic imine (C=N–C) groups is 1. The van der Waals surface area contributed by atoms with Crippen LogP contribution in [0.15, 0.2) is 23.0 Å². The van der Waals surface area contributed by atoms with E-state index >= 15 is 0 Å². The minimum absolute atomic E-state index is 0.796. The number of aromatic nitrogens is 1. The zero-order chi connectivity index (χ0) is 9.40. The topological polar surface area (TPSA) is 25.2 Å². The van der Waals surface area contributed by atoms with Gasteiger partial charge in [0.1, 0.15) is 0 Å². The molecule has 1 aromatic heterocycles. The van der Waals surface area contributed by atoms with E-state index in [2.05, 4.69) is 15.9 Å². The normalized spacial score (nSPS) is 9.25. The van der Waals surface area contributed by atoms with Crippen LogP contribution in [0, 0.1) is 6.92 Å². The van der Waals surface area contributed by atoms with Crippen LogP contribution in [0.3, 0.4) is 0 Å². The molecule has 0 fully saturated rings. The first-order valence-corrected chi connectivity index (χ1v) is 4.74. The molecule has 0 N–H and O–H groups in total. The van der Waals surface area contributed by atoms with Gasteiger partial charge in [-0.2, -0.15) is 4.37 Å². The third-order valence-electron chi connectivity index (χ3n) is 1.02. The van der Waals surface area contributed by atoms with Crippen LogP contribution >= 0.6 is 11.5 Å². The van der Waals surface area contributed by atoms with Gasteiger partial charge in [0.05, 0.1) is 0 Å². The number of hydrogen-bond acceptors (Lipinski definition) is 3. The van der Waals surface area contributed by atoms with E-state index in [9.17, 15) is 0 Å². The van der Waals surface area contributed by atoms with E-state index in [1.165, 1.54) is 11.5 Å². The van der Waals surface area contributed by atoms with Crippen LogP contribution in [0.4, 0.5) is 5.82 Å². The maximum absolute atomic E-state index is 4.05. The average molecular weight is 182 g/mol. The van der Waals surface area contributed by atoms with Crippen molar-refractivity contribution in [3.63, 3.8) is 0 Å². The van der Waals surface area contributed by atoms with Crippen LogP contribution in [0.1, 0.15) is 19.4 Å². The molecule has 0 saturated heterocycles. The summed E-state index contributed by atoms with van der Waals surface area (Å²) >= 11 is 1.42. The predicted octanol–water partition coefficient (Wildman–Crippen LogP) is 3.37. The second kappa shape index (κ2) is 6.73. The number of allylic oxidation sites excluding steroid dienone is 1. The van der Waals surface area contributed by atoms with E-state index < -0.39 is 0 Å². The molecule has 0 saturated carbocycles. The standard InChI is InChI=1S/C7H8N2S.C2H6/c1-3-4-8-7-6(2)5-10-9-7;1-2/h3-5H,1H2,2H3;1-2H3. The van der Waals surface area contributed by atoms with Gasteiger partial charge in [-0.05, 0) is 18.5 Å². The molecule has 0 spiro atoms. The first-order valence-electron chi connectivity index (χ1n) is 3.90. The van der Waals surface area contributed by atoms with Crippen molar-refractivity contribution in [2.45, 2.75) is 20.8 Å². The lowest BCUT2D eigenvalue weighted by Gasteiger charge is -1.83. The molecular weight excluding hydrogens is 168 g/mol. The Hall–Kier alpha value is -0.960. The van der Waals surface area contributed by atoms with Crippen LogP contribution in [0.5, 0.6) is 0 Å². The fraction of sp³-hybridized carbons (Fsp3) is 0.333. The Morgan fingerprint density at radius 2 is 2.25 bits per heavy atom. The molecule has 0 radical (unpaired) electrons. The van der Waals surface area contributed by atoms with Crippen LogP contribution in [0.2, 0.25) is 0 Å². The molecule has 0 bridgehead atoms. The van der Waals surface area contributed by atoms with E-state index in [-0.39, 0.29) is 0 Å². The largest absolute Gasteiger partial charge is 0.236 e. The first-order chi connectivity index (χ1) is 5.84. The van der Waals surface area contributed by atoms with Crippen LogP contribution in [0.25, 0.3) is 0 Å². The first kappa shape index (κ1) is 11.0. The summed E-state index contributed by atoms with van der Waals surface area (Å²) in [5.41, 5.74) is 1.11. The van der Waals surface area contributed by atoms with Crippen molar-refractivity contribution < 1.29 is 0 Å². The number of aryl methyl sites for hydroxylation is 1. The molecule has 1 rings (SSSR count). The molecule has 1 heterocycles. The highest BCUT2D eigenvalue weighted by molar-refractivity contribution is 7.04. The van der Waals surface area contributed by atoms with Crippen molar-refractivity contribution in [2.24, 2.45) is 4.99 Å². The molecule has 2 nitrogen and oxygen atoms in total. The highest BCUT2D eigenvalue weighted by Gasteiger charge is 1.94. The Bertz CT molecular complexity index is 251. The van der Waals surface area contributed by atoms with Gasteiger partial charge in [-0.1, -0.05) is 26.5 Å². The third kappa shape index (κ3) is 3.44. The molecule has 0 aliphatic carbocycles. The minimum atomic E-state index is 0.796. The fourth-order valence-electron chi connectivity index (χ4n) is 0.529. The second-order valence-corrected chi connectivity index (χ2v) is 2.46. The van der Waals surface area contributed by atoms with Crippen molar-refractivity contribution in [1.82, 2.24) is 4.37 Å². The molecule has 3 heteroatoms. The van der Waals surface area contributed by atoms with Crippen molar-refractivity contribution in [1.29, 1.82) is 0 Å². The summed E-state index contributed by atoms with van der Waals surface area (Å²) in [5, 5.41) is 1.97. The zero-order valence-electron chi connectivity index (χ0n) is 7.74. The highest BCUT2D eigenvalue weighted by atomic mass is 32.1. The summed E-state index contributed by atoms with van der Waals surface area (Å²) in [4.78, 5) is 4.04. The lowest BCUT2D eigenvalue weighted by Crippen LogP contribution is -1.67. The van der Waals surface area contributed by atoms with Gasteiger partial charge in [0.15, 0.2) is 5.82 Å². The van der Waals surface area contributed by atoms with E-state index in [4.69, 9.17) is 0 Å². The Kier molecular flexibility index (Phi) is 6.19. The Labute approximate surface area is 77.8 Å². The predicted molar refractivity (Wildman–Crippen MR) is 56.5 cm³/mol. The smallest absolute Gasteiger partial charge is 0.168 e. The summed E-state index contributed by atoms with van der Waals surface area (Å²) in [6.07, 6.45) is 3.28. The summed E-state index contributed by atoms with van der Waals surface area (Å²) in [7, 11) is 0. The van der Waals surface area contributed by atoms with Gasteiger partial charge in [0.2, 0.25) is 0 Å². The van der Waals surface area contributed by atoms with E-state index in [0.717, 1.165) is 11.4 Å². The maximum Gasteiger partial charge on any atom is 0.168 e. The van der Waals surface area contributed by atoms with E-state index in [1.807, 2.05) is 26.2 Å². The summed E-state index contributed by atoms with van der Waals surface area (Å²) in [5.74, 6) is 0.796.